The van der Waals surface area contributed by atoms with Crippen LogP contribution in [-0.2, 0) is 0 Å². The van der Waals surface area contributed by atoms with Gasteiger partial charge in [0.15, 0.2) is 0 Å². The zero-order valence-electron chi connectivity index (χ0n) is 14.2. The smallest absolute Gasteiger partial charge is 0.108 e. The van der Waals surface area contributed by atoms with Crippen LogP contribution in [0.2, 0.25) is 0 Å². The van der Waals surface area contributed by atoms with Gasteiger partial charge in [0, 0.05) is 12.1 Å². The second-order valence-electron chi connectivity index (χ2n) is 7.55. The van der Waals surface area contributed by atoms with E-state index in [1.807, 2.05) is 7.05 Å². The van der Waals surface area contributed by atoms with Crippen molar-refractivity contribution in [2.75, 3.05) is 13.6 Å². The van der Waals surface area contributed by atoms with Crippen molar-refractivity contribution >= 4 is 0 Å². The van der Waals surface area contributed by atoms with Gasteiger partial charge in [-0.2, -0.15) is 5.26 Å². The molecule has 0 bridgehead atoms. The number of rotatable bonds is 6. The Hall–Kier alpha value is -0.590. The molecule has 0 aromatic rings. The summed E-state index contributed by atoms with van der Waals surface area (Å²) in [4.78, 5) is 2.79. The Morgan fingerprint density at radius 2 is 1.86 bits per heavy atom. The van der Waals surface area contributed by atoms with Crippen LogP contribution in [-0.4, -0.2) is 36.1 Å². The van der Waals surface area contributed by atoms with Crippen LogP contribution in [0.5, 0.6) is 0 Å². The maximum atomic E-state index is 9.59. The molecule has 0 aromatic heterocycles. The zero-order valence-corrected chi connectivity index (χ0v) is 14.2. The van der Waals surface area contributed by atoms with E-state index in [9.17, 15) is 5.26 Å². The van der Waals surface area contributed by atoms with Crippen LogP contribution in [0.4, 0.5) is 0 Å². The Morgan fingerprint density at radius 3 is 2.43 bits per heavy atom. The summed E-state index contributed by atoms with van der Waals surface area (Å²) in [6, 6.07) is 3.95. The molecule has 2 rings (SSSR count). The molecule has 3 heteroatoms. The van der Waals surface area contributed by atoms with Gasteiger partial charge in [0.1, 0.15) is 5.54 Å². The van der Waals surface area contributed by atoms with E-state index in [4.69, 9.17) is 0 Å². The normalized spacial score (nSPS) is 31.0. The molecule has 1 N–H and O–H groups in total. The third kappa shape index (κ3) is 4.20. The first kappa shape index (κ1) is 16.8. The predicted octanol–water partition coefficient (Wildman–Crippen LogP) is 3.70. The van der Waals surface area contributed by atoms with Gasteiger partial charge in [-0.1, -0.05) is 26.7 Å². The molecule has 0 amide bonds. The largest absolute Gasteiger partial charge is 0.302 e. The number of hydrogen-bond donors (Lipinski definition) is 1. The van der Waals surface area contributed by atoms with E-state index in [2.05, 4.69) is 30.1 Å². The lowest BCUT2D eigenvalue weighted by atomic mass is 9.79. The number of nitriles is 1. The van der Waals surface area contributed by atoms with Gasteiger partial charge in [-0.25, -0.2) is 0 Å². The Labute approximate surface area is 131 Å². The van der Waals surface area contributed by atoms with Gasteiger partial charge in [-0.05, 0) is 64.5 Å². The summed E-state index contributed by atoms with van der Waals surface area (Å²) in [5.74, 6) is 0.766. The lowest BCUT2D eigenvalue weighted by molar-refractivity contribution is 0.0779. The summed E-state index contributed by atoms with van der Waals surface area (Å²) in [5, 5.41) is 12.9. The molecule has 0 spiro atoms. The summed E-state index contributed by atoms with van der Waals surface area (Å²) >= 11 is 0. The van der Waals surface area contributed by atoms with E-state index in [-0.39, 0.29) is 5.54 Å². The van der Waals surface area contributed by atoms with E-state index < -0.39 is 0 Å². The molecule has 2 fully saturated rings. The van der Waals surface area contributed by atoms with Crippen LogP contribution >= 0.6 is 0 Å². The molecule has 0 radical (unpaired) electrons. The third-order valence-corrected chi connectivity index (χ3v) is 5.64. The number of nitrogens with one attached hydrogen (secondary N) is 1. The van der Waals surface area contributed by atoms with Gasteiger partial charge in [-0.15, -0.1) is 0 Å². The van der Waals surface area contributed by atoms with Crippen molar-refractivity contribution in [2.24, 2.45) is 5.92 Å². The molecule has 0 aliphatic heterocycles. The Bertz CT molecular complexity index is 354. The molecule has 2 atom stereocenters. The van der Waals surface area contributed by atoms with E-state index in [1.54, 1.807) is 0 Å². The zero-order chi connectivity index (χ0) is 15.3. The van der Waals surface area contributed by atoms with Crippen LogP contribution in [0.1, 0.15) is 71.6 Å². The number of hydrogen-bond acceptors (Lipinski definition) is 3. The summed E-state index contributed by atoms with van der Waals surface area (Å²) in [6.45, 7) is 5.86. The predicted molar refractivity (Wildman–Crippen MR) is 88.1 cm³/mol. The molecular weight excluding hydrogens is 258 g/mol. The van der Waals surface area contributed by atoms with Crippen molar-refractivity contribution in [2.45, 2.75) is 89.3 Å². The summed E-state index contributed by atoms with van der Waals surface area (Å²) in [5.41, 5.74) is -0.280. The van der Waals surface area contributed by atoms with Gasteiger partial charge in [-0.3, -0.25) is 4.90 Å². The molecule has 2 saturated carbocycles. The fourth-order valence-corrected chi connectivity index (χ4v) is 4.22. The average molecular weight is 291 g/mol. The first-order valence-corrected chi connectivity index (χ1v) is 8.96. The monoisotopic (exact) mass is 291 g/mol. The highest BCUT2D eigenvalue weighted by Gasteiger charge is 2.39. The van der Waals surface area contributed by atoms with Gasteiger partial charge < -0.3 is 5.32 Å². The van der Waals surface area contributed by atoms with E-state index in [0.717, 1.165) is 24.8 Å². The van der Waals surface area contributed by atoms with Crippen LogP contribution in [0.3, 0.4) is 0 Å². The lowest BCUT2D eigenvalue weighted by Gasteiger charge is -2.44. The summed E-state index contributed by atoms with van der Waals surface area (Å²) < 4.78 is 0. The molecule has 2 aliphatic rings. The minimum atomic E-state index is -0.280. The molecule has 3 nitrogen and oxygen atoms in total. The highest BCUT2D eigenvalue weighted by atomic mass is 15.2. The van der Waals surface area contributed by atoms with Crippen molar-refractivity contribution in [1.29, 1.82) is 5.26 Å². The van der Waals surface area contributed by atoms with E-state index in [1.165, 1.54) is 51.5 Å². The minimum Gasteiger partial charge on any atom is -0.302 e. The first-order valence-electron chi connectivity index (χ1n) is 8.96. The molecular formula is C18H33N3. The average Bonchev–Trinajstić information content (AvgIpc) is 3.01. The maximum Gasteiger partial charge on any atom is 0.108 e. The van der Waals surface area contributed by atoms with Crippen LogP contribution in [0, 0.1) is 17.2 Å². The molecule has 21 heavy (non-hydrogen) atoms. The topological polar surface area (TPSA) is 39.1 Å². The molecule has 0 aromatic carbocycles. The maximum absolute atomic E-state index is 9.59. The molecule has 0 saturated heterocycles. The lowest BCUT2D eigenvalue weighted by Crippen LogP contribution is -2.53. The van der Waals surface area contributed by atoms with Crippen molar-refractivity contribution in [3.63, 3.8) is 0 Å². The van der Waals surface area contributed by atoms with Crippen molar-refractivity contribution in [3.05, 3.63) is 0 Å². The fourth-order valence-electron chi connectivity index (χ4n) is 4.22. The summed E-state index contributed by atoms with van der Waals surface area (Å²) in [7, 11) is 1.96. The van der Waals surface area contributed by atoms with Gasteiger partial charge in [0.05, 0.1) is 6.07 Å². The highest BCUT2D eigenvalue weighted by molar-refractivity contribution is 5.11. The number of nitrogens with zero attached hydrogens (tertiary/aromatic N) is 2. The van der Waals surface area contributed by atoms with Gasteiger partial charge in [0.2, 0.25) is 0 Å². The second kappa shape index (κ2) is 7.61. The molecule has 0 heterocycles. The van der Waals surface area contributed by atoms with Crippen LogP contribution in [0.25, 0.3) is 0 Å². The van der Waals surface area contributed by atoms with Gasteiger partial charge >= 0.3 is 0 Å². The van der Waals surface area contributed by atoms with Crippen molar-refractivity contribution in [3.8, 4) is 6.07 Å². The van der Waals surface area contributed by atoms with Crippen LogP contribution < -0.4 is 5.32 Å². The first-order chi connectivity index (χ1) is 10.1. The van der Waals surface area contributed by atoms with Crippen LogP contribution in [0.15, 0.2) is 0 Å². The van der Waals surface area contributed by atoms with Crippen molar-refractivity contribution in [1.82, 2.24) is 10.2 Å². The Kier molecular flexibility index (Phi) is 6.08. The van der Waals surface area contributed by atoms with Gasteiger partial charge in [0.25, 0.3) is 0 Å². The Morgan fingerprint density at radius 1 is 1.19 bits per heavy atom. The standard InChI is InChI=1S/C18H33N3/c1-15(2)10-12-21(16-7-4-5-8-16)17-9-6-11-18(13-17,14-19)20-3/h15-17,20H,4-13H2,1-3H3. The Balaban J connectivity index is 2.06. The second-order valence-corrected chi connectivity index (χ2v) is 7.55. The summed E-state index contributed by atoms with van der Waals surface area (Å²) in [6.07, 6.45) is 11.3. The van der Waals surface area contributed by atoms with Crippen molar-refractivity contribution < 1.29 is 0 Å². The van der Waals surface area contributed by atoms with E-state index in [0.29, 0.717) is 6.04 Å². The molecule has 120 valence electrons. The fraction of sp³-hybridized carbons (Fsp3) is 0.944. The van der Waals surface area contributed by atoms with E-state index >= 15 is 0 Å². The third-order valence-electron chi connectivity index (χ3n) is 5.64. The molecule has 2 unspecified atom stereocenters. The quantitative estimate of drug-likeness (QED) is 0.811. The molecule has 2 aliphatic carbocycles. The minimum absolute atomic E-state index is 0.280. The highest BCUT2D eigenvalue weighted by Crippen LogP contribution is 2.35. The SMILES string of the molecule is CNC1(C#N)CCCC(N(CCC(C)C)C2CCCC2)C1.